The molecular formula is C33H46ClN3O8. The molecule has 0 aliphatic carbocycles. The number of alkyl carbamates (subject to hydrolysis) is 1. The van der Waals surface area contributed by atoms with Gasteiger partial charge in [0.1, 0.15) is 30.0 Å². The Labute approximate surface area is 270 Å². The summed E-state index contributed by atoms with van der Waals surface area (Å²) in [5.41, 5.74) is 0.481. The maximum Gasteiger partial charge on any atom is 0.409 e. The first kappa shape index (κ1) is 34.9. The van der Waals surface area contributed by atoms with Crippen molar-refractivity contribution < 1.29 is 38.4 Å². The molecule has 0 spiro atoms. The highest BCUT2D eigenvalue weighted by atomic mass is 35.5. The topological polar surface area (TPSA) is 130 Å². The summed E-state index contributed by atoms with van der Waals surface area (Å²) in [5.74, 6) is -1.25. The second kappa shape index (κ2) is 13.4. The molecular weight excluding hydrogens is 602 g/mol. The molecule has 0 aromatic heterocycles. The van der Waals surface area contributed by atoms with Crippen molar-refractivity contribution in [1.29, 1.82) is 0 Å². The number of rotatable bonds is 4. The number of ether oxygens (including phenoxy) is 4. The number of aryl methyl sites for hydroxylation is 1. The number of allylic oxidation sites excluding steroid dienone is 3. The maximum absolute atomic E-state index is 13.9. The molecule has 3 aliphatic rings. The van der Waals surface area contributed by atoms with E-state index in [1.54, 1.807) is 52.0 Å². The highest BCUT2D eigenvalue weighted by Gasteiger charge is 2.64. The summed E-state index contributed by atoms with van der Waals surface area (Å²) in [4.78, 5) is 43.0. The molecule has 3 heterocycles. The van der Waals surface area contributed by atoms with Crippen LogP contribution in [0, 0.1) is 12.8 Å². The Bertz CT molecular complexity index is 1380. The van der Waals surface area contributed by atoms with Gasteiger partial charge in [-0.2, -0.15) is 0 Å². The first-order valence-electron chi connectivity index (χ1n) is 15.2. The van der Waals surface area contributed by atoms with Crippen molar-refractivity contribution in [3.05, 3.63) is 52.1 Å². The first-order chi connectivity index (χ1) is 21.0. The number of carbonyl (C=O) groups is 3. The van der Waals surface area contributed by atoms with Crippen LogP contribution in [0.2, 0.25) is 5.02 Å². The van der Waals surface area contributed by atoms with Crippen molar-refractivity contribution in [3.8, 4) is 0 Å². The fraction of sp³-hybridized carbons (Fsp3) is 0.606. The van der Waals surface area contributed by atoms with E-state index in [2.05, 4.69) is 5.32 Å². The summed E-state index contributed by atoms with van der Waals surface area (Å²) < 4.78 is 23.5. The summed E-state index contributed by atoms with van der Waals surface area (Å²) in [6.45, 7) is 9.20. The number of epoxide rings is 1. The van der Waals surface area contributed by atoms with Gasteiger partial charge in [-0.05, 0) is 65.4 Å². The monoisotopic (exact) mass is 647 g/mol. The van der Waals surface area contributed by atoms with Gasteiger partial charge in [-0.3, -0.25) is 19.8 Å². The molecule has 0 unspecified atom stereocenters. The van der Waals surface area contributed by atoms with E-state index < -0.39 is 59.8 Å². The third-order valence-corrected chi connectivity index (χ3v) is 9.81. The van der Waals surface area contributed by atoms with Crippen molar-refractivity contribution in [2.45, 2.75) is 95.7 Å². The van der Waals surface area contributed by atoms with E-state index in [4.69, 9.17) is 30.5 Å². The Morgan fingerprint density at radius 1 is 1.27 bits per heavy atom. The third-order valence-electron chi connectivity index (χ3n) is 9.32. The van der Waals surface area contributed by atoms with Crippen molar-refractivity contribution in [2.75, 3.05) is 33.2 Å². The number of esters is 1. The van der Waals surface area contributed by atoms with Crippen LogP contribution in [0.25, 0.3) is 0 Å². The van der Waals surface area contributed by atoms with Gasteiger partial charge in [0.05, 0.1) is 23.2 Å². The van der Waals surface area contributed by atoms with Gasteiger partial charge >= 0.3 is 12.1 Å². The van der Waals surface area contributed by atoms with Gasteiger partial charge in [-0.1, -0.05) is 48.4 Å². The third kappa shape index (κ3) is 7.38. The van der Waals surface area contributed by atoms with Gasteiger partial charge in [-0.25, -0.2) is 4.79 Å². The molecule has 2 amide bonds. The molecule has 4 rings (SSSR count). The smallest absolute Gasteiger partial charge is 0.409 e. The number of halogens is 1. The fourth-order valence-electron chi connectivity index (χ4n) is 6.09. The van der Waals surface area contributed by atoms with E-state index in [1.165, 1.54) is 12.0 Å². The van der Waals surface area contributed by atoms with Gasteiger partial charge in [0.2, 0.25) is 5.91 Å². The van der Waals surface area contributed by atoms with Crippen LogP contribution in [-0.2, 0) is 35.0 Å². The number of methoxy groups -OCH3 is 1. The first-order valence-corrected chi connectivity index (χ1v) is 15.6. The van der Waals surface area contributed by atoms with E-state index in [9.17, 15) is 19.5 Å². The standard InChI is InChI=1S/C33H46ClN3O8/c1-18-11-10-12-25(42-9)33(41)17-24(43-31(40)35-33)20(3)29-32(5,45-29)26(44-30(39)21(4)36(6)7)16-27(38)37(8)23-15-22(13-18)14-19(2)28(23)34/h10-12,14-15,20-21,24-26,29,41H,13,16-17H2,1-9H3,(H,35,40)/b12-10+,18-11+/t20-,21-,24-,25+,26-,29+,32-,33-/m0/s1. The number of carbonyl (C=O) groups excluding carboxylic acids is 3. The van der Waals surface area contributed by atoms with Crippen LogP contribution in [0.1, 0.15) is 51.7 Å². The van der Waals surface area contributed by atoms with Crippen LogP contribution < -0.4 is 10.2 Å². The van der Waals surface area contributed by atoms with Crippen molar-refractivity contribution >= 4 is 35.3 Å². The highest BCUT2D eigenvalue weighted by molar-refractivity contribution is 6.34. The summed E-state index contributed by atoms with van der Waals surface area (Å²) in [6, 6.07) is 3.29. The molecule has 8 atom stereocenters. The van der Waals surface area contributed by atoms with Crippen LogP contribution in [0.5, 0.6) is 0 Å². The van der Waals surface area contributed by atoms with Crippen molar-refractivity contribution in [2.24, 2.45) is 5.92 Å². The van der Waals surface area contributed by atoms with E-state index in [0.29, 0.717) is 17.1 Å². The van der Waals surface area contributed by atoms with Gasteiger partial charge < -0.3 is 29.0 Å². The van der Waals surface area contributed by atoms with Gasteiger partial charge in [-0.15, -0.1) is 0 Å². The lowest BCUT2D eigenvalue weighted by Crippen LogP contribution is -2.63. The highest BCUT2D eigenvalue weighted by Crippen LogP contribution is 2.49. The summed E-state index contributed by atoms with van der Waals surface area (Å²) in [5, 5.41) is 14.6. The average Bonchev–Trinajstić information content (AvgIpc) is 3.66. The minimum atomic E-state index is -1.76. The number of amides is 2. The van der Waals surface area contributed by atoms with E-state index in [1.807, 2.05) is 39.0 Å². The van der Waals surface area contributed by atoms with Crippen LogP contribution in [-0.4, -0.2) is 98.0 Å². The number of aliphatic hydroxyl groups is 1. The average molecular weight is 648 g/mol. The number of nitrogens with one attached hydrogen (secondary N) is 1. The number of fused-ring (bicyclic) bond motifs is 5. The minimum absolute atomic E-state index is 0.00872. The second-order valence-electron chi connectivity index (χ2n) is 13.0. The predicted octanol–water partition coefficient (Wildman–Crippen LogP) is 3.92. The zero-order valence-electron chi connectivity index (χ0n) is 27.5. The van der Waals surface area contributed by atoms with Gasteiger partial charge in [0.15, 0.2) is 5.72 Å². The van der Waals surface area contributed by atoms with Crippen molar-refractivity contribution in [3.63, 3.8) is 0 Å². The lowest BCUT2D eigenvalue weighted by Gasteiger charge is -2.42. The lowest BCUT2D eigenvalue weighted by molar-refractivity contribution is -0.158. The van der Waals surface area contributed by atoms with Gasteiger partial charge in [0, 0.05) is 26.5 Å². The molecule has 0 radical (unpaired) electrons. The molecule has 11 nitrogen and oxygen atoms in total. The number of likely N-dealkylation sites (N-methyl/N-ethyl adjacent to an activating group) is 1. The quantitative estimate of drug-likeness (QED) is 0.369. The molecule has 1 aromatic carbocycles. The number of hydrogen-bond donors (Lipinski definition) is 2. The molecule has 45 heavy (non-hydrogen) atoms. The number of nitrogens with zero attached hydrogens (tertiary/aromatic N) is 2. The predicted molar refractivity (Wildman–Crippen MR) is 170 cm³/mol. The Hall–Kier alpha value is -2.96. The largest absolute Gasteiger partial charge is 0.457 e. The molecule has 2 saturated heterocycles. The summed E-state index contributed by atoms with van der Waals surface area (Å²) in [7, 11) is 6.64. The molecule has 4 bridgehead atoms. The second-order valence-corrected chi connectivity index (χ2v) is 13.4. The molecule has 1 aromatic rings. The molecule has 3 aliphatic heterocycles. The number of anilines is 1. The van der Waals surface area contributed by atoms with Crippen LogP contribution >= 0.6 is 11.6 Å². The molecule has 2 fully saturated rings. The van der Waals surface area contributed by atoms with Crippen LogP contribution in [0.3, 0.4) is 0 Å². The normalized spacial score (nSPS) is 35.0. The lowest BCUT2D eigenvalue weighted by atomic mass is 9.83. The molecule has 248 valence electrons. The Morgan fingerprint density at radius 2 is 1.96 bits per heavy atom. The Kier molecular flexibility index (Phi) is 10.4. The van der Waals surface area contributed by atoms with E-state index in [0.717, 1.165) is 16.7 Å². The Morgan fingerprint density at radius 3 is 2.60 bits per heavy atom. The zero-order chi connectivity index (χ0) is 33.4. The van der Waals surface area contributed by atoms with Crippen LogP contribution in [0.4, 0.5) is 10.5 Å². The minimum Gasteiger partial charge on any atom is -0.457 e. The summed E-state index contributed by atoms with van der Waals surface area (Å²) in [6.07, 6.45) is 1.83. The molecule has 12 heteroatoms. The summed E-state index contributed by atoms with van der Waals surface area (Å²) >= 11 is 6.72. The molecule has 2 N–H and O–H groups in total. The van der Waals surface area contributed by atoms with Crippen LogP contribution in [0.15, 0.2) is 35.9 Å². The van der Waals surface area contributed by atoms with E-state index >= 15 is 0 Å². The fourth-order valence-corrected chi connectivity index (χ4v) is 6.33. The molecule has 0 saturated carbocycles. The van der Waals surface area contributed by atoms with E-state index in [-0.39, 0.29) is 18.7 Å². The number of hydrogen-bond acceptors (Lipinski definition) is 9. The Balaban J connectivity index is 1.78. The SMILES string of the molecule is CO[C@@H]1/C=C/C=C(\C)Cc2cc(C)c(Cl)c(c2)N(C)C(=O)C[C@H](OC(=O)[C@H](C)N(C)C)[C@]2(C)O[C@@H]2[C@@H](C)[C@@H]2C[C@@]1(O)NC(=O)O2. The maximum atomic E-state index is 13.9. The van der Waals surface area contributed by atoms with Crippen molar-refractivity contribution in [1.82, 2.24) is 10.2 Å². The van der Waals surface area contributed by atoms with Gasteiger partial charge in [0.25, 0.3) is 0 Å². The zero-order valence-corrected chi connectivity index (χ0v) is 28.3. The number of benzene rings is 1.